The predicted octanol–water partition coefficient (Wildman–Crippen LogP) is 7.03. The second-order valence-corrected chi connectivity index (χ2v) is 10.8. The Hall–Kier alpha value is -3.66. The van der Waals surface area contributed by atoms with E-state index in [2.05, 4.69) is 74.5 Å². The number of hydrogen-bond donors (Lipinski definition) is 1. The first-order valence-electron chi connectivity index (χ1n) is 12.6. The van der Waals surface area contributed by atoms with Crippen LogP contribution in [0.1, 0.15) is 67.6 Å². The van der Waals surface area contributed by atoms with Gasteiger partial charge in [-0.2, -0.15) is 4.58 Å². The number of nitrogens with one attached hydrogen (secondary N) is 1. The van der Waals surface area contributed by atoms with Crippen molar-refractivity contribution in [3.05, 3.63) is 108 Å². The van der Waals surface area contributed by atoms with Crippen LogP contribution in [0.2, 0.25) is 0 Å². The van der Waals surface area contributed by atoms with Crippen molar-refractivity contribution in [2.75, 3.05) is 6.61 Å². The van der Waals surface area contributed by atoms with Crippen LogP contribution < -0.4 is 9.89 Å². The van der Waals surface area contributed by atoms with Gasteiger partial charge in [0.1, 0.15) is 24.5 Å². The lowest BCUT2D eigenvalue weighted by Crippen LogP contribution is -2.34. The molecule has 0 aliphatic heterocycles. The SMILES string of the molecule is C=CCOC(=O)c1ccc([N+](=CNCc2ccccc2)c2ccc3c(c2)C(C)(C)CCC3(C)C)cc1. The maximum absolute atomic E-state index is 12.3. The van der Waals surface area contributed by atoms with Gasteiger partial charge in [0, 0.05) is 0 Å². The fourth-order valence-corrected chi connectivity index (χ4v) is 4.85. The highest BCUT2D eigenvalue weighted by atomic mass is 16.5. The molecule has 4 nitrogen and oxygen atoms in total. The molecule has 0 radical (unpaired) electrons. The molecule has 0 fully saturated rings. The Balaban J connectivity index is 1.71. The molecule has 0 spiro atoms. The zero-order valence-corrected chi connectivity index (χ0v) is 21.9. The molecule has 186 valence electrons. The molecule has 0 amide bonds. The van der Waals surface area contributed by atoms with Crippen molar-refractivity contribution in [3.63, 3.8) is 0 Å². The van der Waals surface area contributed by atoms with Crippen LogP contribution in [-0.4, -0.2) is 18.9 Å². The van der Waals surface area contributed by atoms with Crippen LogP contribution >= 0.6 is 0 Å². The number of rotatable bonds is 8. The smallest absolute Gasteiger partial charge is 0.338 e. The van der Waals surface area contributed by atoms with E-state index in [1.165, 1.54) is 23.1 Å². The minimum Gasteiger partial charge on any atom is -0.458 e. The van der Waals surface area contributed by atoms with Crippen LogP contribution in [0, 0.1) is 0 Å². The maximum Gasteiger partial charge on any atom is 0.338 e. The summed E-state index contributed by atoms with van der Waals surface area (Å²) in [5.74, 6) is -0.350. The van der Waals surface area contributed by atoms with Crippen molar-refractivity contribution >= 4 is 23.7 Å². The standard InChI is InChI=1S/C32H36N2O2/c1-6-20-36-30(35)25-12-14-26(15-13-25)34(23-33-22-24-10-8-7-9-11-24)27-16-17-28-29(21-27)32(4,5)19-18-31(28,2)3/h6-17,21,23H,1,18-20,22H2,2-5H3/p+1. The van der Waals surface area contributed by atoms with Crippen molar-refractivity contribution < 1.29 is 9.53 Å². The van der Waals surface area contributed by atoms with Crippen LogP contribution in [0.5, 0.6) is 0 Å². The lowest BCUT2D eigenvalue weighted by Gasteiger charge is -2.41. The Kier molecular flexibility index (Phi) is 7.44. The van der Waals surface area contributed by atoms with Crippen LogP contribution in [0.15, 0.2) is 85.5 Å². The van der Waals surface area contributed by atoms with Crippen LogP contribution in [0.4, 0.5) is 11.4 Å². The number of ether oxygens (including phenoxy) is 1. The van der Waals surface area contributed by atoms with Gasteiger partial charge in [-0.05, 0) is 76.8 Å². The molecule has 0 bridgehead atoms. The summed E-state index contributed by atoms with van der Waals surface area (Å²) < 4.78 is 7.34. The van der Waals surface area contributed by atoms with Crippen molar-refractivity contribution in [1.82, 2.24) is 9.89 Å². The van der Waals surface area contributed by atoms with Crippen LogP contribution in [-0.2, 0) is 22.1 Å². The summed E-state index contributed by atoms with van der Waals surface area (Å²) in [7, 11) is 0. The van der Waals surface area contributed by atoms with E-state index in [1.807, 2.05) is 48.8 Å². The van der Waals surface area contributed by atoms with E-state index in [9.17, 15) is 4.79 Å². The number of nitrogens with zero attached hydrogens (tertiary/aromatic N) is 1. The van der Waals surface area contributed by atoms with Gasteiger partial charge in [-0.1, -0.05) is 76.7 Å². The van der Waals surface area contributed by atoms with E-state index < -0.39 is 0 Å². The van der Waals surface area contributed by atoms with Crippen LogP contribution in [0.3, 0.4) is 0 Å². The molecule has 0 heterocycles. The van der Waals surface area contributed by atoms with E-state index in [-0.39, 0.29) is 23.4 Å². The minimum atomic E-state index is -0.350. The van der Waals surface area contributed by atoms with Gasteiger partial charge < -0.3 is 4.74 Å². The highest BCUT2D eigenvalue weighted by Gasteiger charge is 2.37. The zero-order valence-electron chi connectivity index (χ0n) is 21.9. The van der Waals surface area contributed by atoms with Crippen molar-refractivity contribution in [1.29, 1.82) is 0 Å². The van der Waals surface area contributed by atoms with Gasteiger partial charge >= 0.3 is 5.97 Å². The van der Waals surface area contributed by atoms with E-state index in [0.717, 1.165) is 17.8 Å². The third-order valence-corrected chi connectivity index (χ3v) is 7.20. The van der Waals surface area contributed by atoms with E-state index in [0.29, 0.717) is 12.1 Å². The number of esters is 1. The Morgan fingerprint density at radius 1 is 0.917 bits per heavy atom. The first kappa shape index (κ1) is 25.4. The Morgan fingerprint density at radius 2 is 1.56 bits per heavy atom. The maximum atomic E-state index is 12.3. The lowest BCUT2D eigenvalue weighted by atomic mass is 9.63. The van der Waals surface area contributed by atoms with Crippen molar-refractivity contribution in [2.24, 2.45) is 0 Å². The highest BCUT2D eigenvalue weighted by Crippen LogP contribution is 2.46. The molecular formula is C32H37N2O2+. The Bertz CT molecular complexity index is 1260. The molecule has 1 aliphatic rings. The van der Waals surface area contributed by atoms with Gasteiger partial charge in [-0.25, -0.2) is 4.79 Å². The summed E-state index contributed by atoms with van der Waals surface area (Å²) in [6, 6.07) is 24.7. The zero-order chi connectivity index (χ0) is 25.8. The van der Waals surface area contributed by atoms with E-state index >= 15 is 0 Å². The number of fused-ring (bicyclic) bond motifs is 1. The van der Waals surface area contributed by atoms with Gasteiger partial charge in [-0.15, -0.1) is 0 Å². The van der Waals surface area contributed by atoms with Gasteiger partial charge in [-0.3, -0.25) is 5.32 Å². The second kappa shape index (κ2) is 10.5. The fourth-order valence-electron chi connectivity index (χ4n) is 4.85. The average Bonchev–Trinajstić information content (AvgIpc) is 2.88. The quantitative estimate of drug-likeness (QED) is 0.123. The molecule has 4 rings (SSSR count). The van der Waals surface area contributed by atoms with Crippen molar-refractivity contribution in [3.8, 4) is 0 Å². The highest BCUT2D eigenvalue weighted by molar-refractivity contribution is 5.90. The summed E-state index contributed by atoms with van der Waals surface area (Å²) in [6.45, 7) is 13.9. The number of carbonyl (C=O) groups is 1. The third-order valence-electron chi connectivity index (χ3n) is 7.20. The molecule has 3 aromatic rings. The molecule has 4 heteroatoms. The Labute approximate surface area is 215 Å². The van der Waals surface area contributed by atoms with E-state index in [1.54, 1.807) is 6.08 Å². The average molecular weight is 482 g/mol. The largest absolute Gasteiger partial charge is 0.458 e. The fraction of sp³-hybridized carbons (Fsp3) is 0.312. The summed E-state index contributed by atoms with van der Waals surface area (Å²) in [5.41, 5.74) is 6.89. The lowest BCUT2D eigenvalue weighted by molar-refractivity contribution is 0.0550. The molecule has 3 aromatic carbocycles. The third kappa shape index (κ3) is 5.59. The summed E-state index contributed by atoms with van der Waals surface area (Å²) in [4.78, 5) is 12.3. The molecule has 0 unspecified atom stereocenters. The predicted molar refractivity (Wildman–Crippen MR) is 149 cm³/mol. The molecule has 36 heavy (non-hydrogen) atoms. The molecule has 1 N–H and O–H groups in total. The van der Waals surface area contributed by atoms with Gasteiger partial charge in [0.2, 0.25) is 6.34 Å². The second-order valence-electron chi connectivity index (χ2n) is 10.8. The molecular weight excluding hydrogens is 444 g/mol. The first-order valence-corrected chi connectivity index (χ1v) is 12.6. The number of benzene rings is 3. The summed E-state index contributed by atoms with van der Waals surface area (Å²) in [6.07, 6.45) is 5.93. The van der Waals surface area contributed by atoms with Crippen LogP contribution in [0.25, 0.3) is 0 Å². The summed E-state index contributed by atoms with van der Waals surface area (Å²) >= 11 is 0. The molecule has 1 aliphatic carbocycles. The minimum absolute atomic E-state index is 0.114. The molecule has 0 atom stereocenters. The normalized spacial score (nSPS) is 16.1. The van der Waals surface area contributed by atoms with Crippen molar-refractivity contribution in [2.45, 2.75) is 57.9 Å². The van der Waals surface area contributed by atoms with Gasteiger partial charge in [0.25, 0.3) is 0 Å². The molecule has 0 saturated carbocycles. The summed E-state index contributed by atoms with van der Waals surface area (Å²) in [5, 5.41) is 3.48. The topological polar surface area (TPSA) is 41.3 Å². The van der Waals surface area contributed by atoms with E-state index in [4.69, 9.17) is 4.74 Å². The monoisotopic (exact) mass is 481 g/mol. The Morgan fingerprint density at radius 3 is 2.22 bits per heavy atom. The molecule has 0 aromatic heterocycles. The first-order chi connectivity index (χ1) is 17.2. The molecule has 0 saturated heterocycles. The van der Waals surface area contributed by atoms with Gasteiger partial charge in [0.15, 0.2) is 0 Å². The van der Waals surface area contributed by atoms with Gasteiger partial charge in [0.05, 0.1) is 5.56 Å². The number of carbonyl (C=O) groups excluding carboxylic acids is 1. The number of hydrogen-bond acceptors (Lipinski definition) is 2.